The minimum atomic E-state index is -0.115. The number of thioether (sulfide) groups is 1. The molecule has 0 aliphatic carbocycles. The van der Waals surface area contributed by atoms with Gasteiger partial charge >= 0.3 is 0 Å². The molecule has 1 unspecified atom stereocenters. The van der Waals surface area contributed by atoms with Crippen molar-refractivity contribution in [2.45, 2.75) is 37.4 Å². The van der Waals surface area contributed by atoms with Gasteiger partial charge in [-0.05, 0) is 57.9 Å². The second-order valence-electron chi connectivity index (χ2n) is 5.48. The van der Waals surface area contributed by atoms with E-state index in [1.807, 2.05) is 18.8 Å². The maximum absolute atomic E-state index is 12.5. The molecule has 0 spiro atoms. The molecule has 0 aromatic rings. The predicted octanol–water partition coefficient (Wildman–Crippen LogP) is 1.73. The smallest absolute Gasteiger partial charge is 0.238 e. The Hall–Kier alpha value is -0.220. The van der Waals surface area contributed by atoms with Crippen molar-refractivity contribution >= 4 is 17.7 Å². The number of likely N-dealkylation sites (tertiary alicyclic amines) is 1. The number of piperidine rings is 1. The van der Waals surface area contributed by atoms with E-state index in [0.717, 1.165) is 50.6 Å². The quantitative estimate of drug-likeness (QED) is 0.834. The predicted molar refractivity (Wildman–Crippen MR) is 73.3 cm³/mol. The second-order valence-corrected chi connectivity index (χ2v) is 7.07. The van der Waals surface area contributed by atoms with Gasteiger partial charge in [0.25, 0.3) is 0 Å². The van der Waals surface area contributed by atoms with Gasteiger partial charge in [-0.2, -0.15) is 0 Å². The molecular formula is C13H24N2OS. The molecule has 0 saturated carbocycles. The minimum Gasteiger partial charge on any atom is -0.341 e. The first-order valence-electron chi connectivity index (χ1n) is 6.73. The number of nitrogens with zero attached hydrogens (tertiary/aromatic N) is 1. The number of carbonyl (C=O) groups is 1. The fourth-order valence-corrected chi connectivity index (χ4v) is 4.19. The summed E-state index contributed by atoms with van der Waals surface area (Å²) in [6, 6.07) is 0. The van der Waals surface area contributed by atoms with E-state index >= 15 is 0 Å². The number of hydrogen-bond donors (Lipinski definition) is 1. The Balaban J connectivity index is 1.86. The van der Waals surface area contributed by atoms with Gasteiger partial charge in [0.15, 0.2) is 0 Å². The van der Waals surface area contributed by atoms with Crippen molar-refractivity contribution in [3.8, 4) is 0 Å². The zero-order valence-electron chi connectivity index (χ0n) is 11.0. The van der Waals surface area contributed by atoms with Crippen LogP contribution in [0.15, 0.2) is 0 Å². The maximum atomic E-state index is 12.5. The highest BCUT2D eigenvalue weighted by Gasteiger charge is 2.40. The Morgan fingerprint density at radius 2 is 2.18 bits per heavy atom. The lowest BCUT2D eigenvalue weighted by Gasteiger charge is -2.36. The third-order valence-electron chi connectivity index (χ3n) is 4.07. The van der Waals surface area contributed by atoms with Crippen LogP contribution in [0.3, 0.4) is 0 Å². The van der Waals surface area contributed by atoms with Crippen LogP contribution in [-0.4, -0.2) is 48.0 Å². The molecule has 2 aliphatic rings. The van der Waals surface area contributed by atoms with Crippen molar-refractivity contribution in [1.82, 2.24) is 10.2 Å². The molecule has 2 aliphatic heterocycles. The van der Waals surface area contributed by atoms with Gasteiger partial charge in [-0.3, -0.25) is 4.79 Å². The zero-order valence-corrected chi connectivity index (χ0v) is 11.8. The standard InChI is InChI=1S/C13H24N2OS/c1-13(6-3-9-17-13)12(16)15-7-4-11(5-8-15)10-14-2/h11,14H,3-10H2,1-2H3. The van der Waals surface area contributed by atoms with E-state index in [-0.39, 0.29) is 4.75 Å². The van der Waals surface area contributed by atoms with E-state index in [1.54, 1.807) is 0 Å². The van der Waals surface area contributed by atoms with Crippen LogP contribution >= 0.6 is 11.8 Å². The van der Waals surface area contributed by atoms with Crippen molar-refractivity contribution in [3.63, 3.8) is 0 Å². The third kappa shape index (κ3) is 2.97. The average molecular weight is 256 g/mol. The van der Waals surface area contributed by atoms with E-state index in [2.05, 4.69) is 17.1 Å². The molecule has 2 rings (SSSR count). The molecule has 98 valence electrons. The molecule has 2 heterocycles. The largest absolute Gasteiger partial charge is 0.341 e. The second kappa shape index (κ2) is 5.61. The summed E-state index contributed by atoms with van der Waals surface area (Å²) in [6.07, 6.45) is 4.58. The Bertz CT molecular complexity index is 269. The van der Waals surface area contributed by atoms with E-state index in [9.17, 15) is 4.79 Å². The van der Waals surface area contributed by atoms with Gasteiger partial charge in [0, 0.05) is 13.1 Å². The number of nitrogens with one attached hydrogen (secondary N) is 1. The van der Waals surface area contributed by atoms with Gasteiger partial charge < -0.3 is 10.2 Å². The number of rotatable bonds is 3. The van der Waals surface area contributed by atoms with Crippen LogP contribution in [0.25, 0.3) is 0 Å². The fourth-order valence-electron chi connectivity index (χ4n) is 2.91. The van der Waals surface area contributed by atoms with Gasteiger partial charge in [0.1, 0.15) is 0 Å². The highest BCUT2D eigenvalue weighted by atomic mass is 32.2. The van der Waals surface area contributed by atoms with E-state index in [4.69, 9.17) is 0 Å². The summed E-state index contributed by atoms with van der Waals surface area (Å²) in [4.78, 5) is 14.6. The molecule has 1 amide bonds. The number of amides is 1. The molecule has 4 heteroatoms. The van der Waals surface area contributed by atoms with Crippen molar-refractivity contribution in [2.75, 3.05) is 32.4 Å². The van der Waals surface area contributed by atoms with Crippen LogP contribution in [0, 0.1) is 5.92 Å². The zero-order chi connectivity index (χ0) is 12.3. The Morgan fingerprint density at radius 1 is 1.47 bits per heavy atom. The van der Waals surface area contributed by atoms with Gasteiger partial charge in [-0.25, -0.2) is 0 Å². The topological polar surface area (TPSA) is 32.3 Å². The number of hydrogen-bond acceptors (Lipinski definition) is 3. The molecular weight excluding hydrogens is 232 g/mol. The molecule has 3 nitrogen and oxygen atoms in total. The van der Waals surface area contributed by atoms with Crippen LogP contribution in [-0.2, 0) is 4.79 Å². The fraction of sp³-hybridized carbons (Fsp3) is 0.923. The Morgan fingerprint density at radius 3 is 2.71 bits per heavy atom. The normalized spacial score (nSPS) is 30.8. The molecule has 2 fully saturated rings. The molecule has 0 aromatic heterocycles. The van der Waals surface area contributed by atoms with Crippen LogP contribution in [0.4, 0.5) is 0 Å². The SMILES string of the molecule is CNCC1CCN(C(=O)C2(C)CCCS2)CC1. The first kappa shape index (κ1) is 13.2. The summed E-state index contributed by atoms with van der Waals surface area (Å²) >= 11 is 1.85. The van der Waals surface area contributed by atoms with Crippen LogP contribution in [0.2, 0.25) is 0 Å². The average Bonchev–Trinajstić information content (AvgIpc) is 2.78. The molecule has 17 heavy (non-hydrogen) atoms. The highest BCUT2D eigenvalue weighted by molar-refractivity contribution is 8.01. The lowest BCUT2D eigenvalue weighted by atomic mass is 9.95. The lowest BCUT2D eigenvalue weighted by molar-refractivity contribution is -0.134. The van der Waals surface area contributed by atoms with Gasteiger partial charge in [-0.15, -0.1) is 11.8 Å². The molecule has 0 radical (unpaired) electrons. The highest BCUT2D eigenvalue weighted by Crippen LogP contribution is 2.39. The monoisotopic (exact) mass is 256 g/mol. The van der Waals surface area contributed by atoms with Gasteiger partial charge in [0.05, 0.1) is 4.75 Å². The van der Waals surface area contributed by atoms with E-state index < -0.39 is 0 Å². The summed E-state index contributed by atoms with van der Waals surface area (Å²) in [6.45, 7) is 5.14. The maximum Gasteiger partial charge on any atom is 0.238 e. The summed E-state index contributed by atoms with van der Waals surface area (Å²) in [5.41, 5.74) is 0. The first-order chi connectivity index (χ1) is 8.15. The molecule has 0 aromatic carbocycles. The summed E-state index contributed by atoms with van der Waals surface area (Å²) in [7, 11) is 2.01. The summed E-state index contributed by atoms with van der Waals surface area (Å²) < 4.78 is -0.115. The molecule has 1 atom stereocenters. The van der Waals surface area contributed by atoms with Crippen molar-refractivity contribution < 1.29 is 4.79 Å². The molecule has 2 saturated heterocycles. The Labute approximate surface area is 109 Å². The van der Waals surface area contributed by atoms with E-state index in [1.165, 1.54) is 6.42 Å². The third-order valence-corrected chi connectivity index (χ3v) is 5.57. The van der Waals surface area contributed by atoms with Crippen LogP contribution in [0.1, 0.15) is 32.6 Å². The van der Waals surface area contributed by atoms with Crippen molar-refractivity contribution in [3.05, 3.63) is 0 Å². The summed E-state index contributed by atoms with van der Waals surface area (Å²) in [5.74, 6) is 2.30. The molecule has 0 bridgehead atoms. The van der Waals surface area contributed by atoms with Gasteiger partial charge in [0.2, 0.25) is 5.91 Å². The van der Waals surface area contributed by atoms with Gasteiger partial charge in [-0.1, -0.05) is 0 Å². The van der Waals surface area contributed by atoms with Crippen LogP contribution in [0.5, 0.6) is 0 Å². The lowest BCUT2D eigenvalue weighted by Crippen LogP contribution is -2.48. The van der Waals surface area contributed by atoms with Crippen molar-refractivity contribution in [2.24, 2.45) is 5.92 Å². The minimum absolute atomic E-state index is 0.115. The van der Waals surface area contributed by atoms with Crippen LogP contribution < -0.4 is 5.32 Å². The molecule has 1 N–H and O–H groups in total. The van der Waals surface area contributed by atoms with E-state index in [0.29, 0.717) is 5.91 Å². The van der Waals surface area contributed by atoms with Crippen molar-refractivity contribution in [1.29, 1.82) is 0 Å². The summed E-state index contributed by atoms with van der Waals surface area (Å²) in [5, 5.41) is 3.24. The Kier molecular flexibility index (Phi) is 4.36. The number of carbonyl (C=O) groups excluding carboxylic acids is 1. The first-order valence-corrected chi connectivity index (χ1v) is 7.72.